The van der Waals surface area contributed by atoms with Gasteiger partial charge in [-0.25, -0.2) is 0 Å². The Balaban J connectivity index is 2.11. The van der Waals surface area contributed by atoms with Crippen molar-refractivity contribution in [2.45, 2.75) is 89.0 Å². The van der Waals surface area contributed by atoms with Gasteiger partial charge in [-0.15, -0.1) is 9.24 Å². The molecule has 0 aliphatic carbocycles. The van der Waals surface area contributed by atoms with Crippen molar-refractivity contribution in [2.75, 3.05) is 0 Å². The van der Waals surface area contributed by atoms with Crippen LogP contribution in [0.15, 0.2) is 30.3 Å². The molecule has 2 nitrogen and oxygen atoms in total. The first-order valence-electron chi connectivity index (χ1n) is 9.30. The van der Waals surface area contributed by atoms with Crippen molar-refractivity contribution in [1.82, 2.24) is 0 Å². The average molecular weight is 338 g/mol. The van der Waals surface area contributed by atoms with Gasteiger partial charge in [-0.3, -0.25) is 0 Å². The minimum atomic E-state index is -1.63. The molecular weight excluding hydrogens is 303 g/mol. The molecule has 0 fully saturated rings. The Labute approximate surface area is 144 Å². The molecule has 3 heteroatoms. The van der Waals surface area contributed by atoms with Crippen LogP contribution in [0.25, 0.3) is 0 Å². The quantitative estimate of drug-likeness (QED) is 0.299. The highest BCUT2D eigenvalue weighted by Gasteiger charge is 2.30. The molecule has 0 amide bonds. The third-order valence-electron chi connectivity index (χ3n) is 4.52. The second kappa shape index (κ2) is 12.0. The molecule has 0 aliphatic rings. The van der Waals surface area contributed by atoms with Crippen molar-refractivity contribution in [2.24, 2.45) is 0 Å². The van der Waals surface area contributed by atoms with Crippen molar-refractivity contribution in [1.29, 1.82) is 0 Å². The van der Waals surface area contributed by atoms with E-state index >= 15 is 0 Å². The lowest BCUT2D eigenvalue weighted by Gasteiger charge is -2.28. The summed E-state index contributed by atoms with van der Waals surface area (Å²) in [6.07, 6.45) is 12.8. The largest absolute Gasteiger partial charge is 0.365 e. The van der Waals surface area contributed by atoms with E-state index in [0.717, 1.165) is 18.4 Å². The van der Waals surface area contributed by atoms with Gasteiger partial charge < -0.3 is 10.2 Å². The lowest BCUT2D eigenvalue weighted by Crippen LogP contribution is -2.40. The molecule has 1 aromatic rings. The van der Waals surface area contributed by atoms with Gasteiger partial charge >= 0.3 is 0 Å². The number of hydrogen-bond donors (Lipinski definition) is 2. The monoisotopic (exact) mass is 338 g/mol. The van der Waals surface area contributed by atoms with E-state index < -0.39 is 5.79 Å². The first-order valence-corrected chi connectivity index (χ1v) is 9.97. The Hall–Kier alpha value is -0.430. The maximum Gasteiger partial charge on any atom is 0.172 e. The molecule has 0 aromatic heterocycles. The summed E-state index contributed by atoms with van der Waals surface area (Å²) in [4.78, 5) is 0. The van der Waals surface area contributed by atoms with Gasteiger partial charge in [0.05, 0.1) is 0 Å². The fourth-order valence-electron chi connectivity index (χ4n) is 2.93. The smallest absolute Gasteiger partial charge is 0.172 e. The van der Waals surface area contributed by atoms with Crippen LogP contribution in [-0.2, 0) is 6.42 Å². The molecule has 0 spiro atoms. The zero-order chi connectivity index (χ0) is 17.0. The highest BCUT2D eigenvalue weighted by molar-refractivity contribution is 7.17. The summed E-state index contributed by atoms with van der Waals surface area (Å²) >= 11 is 0. The van der Waals surface area contributed by atoms with Gasteiger partial charge in [-0.2, -0.15) is 0 Å². The number of benzene rings is 1. The summed E-state index contributed by atoms with van der Waals surface area (Å²) in [5.41, 5.74) is 0.796. The summed E-state index contributed by atoms with van der Waals surface area (Å²) in [6.45, 7) is 2.25. The van der Waals surface area contributed by atoms with Crippen LogP contribution in [0.1, 0.15) is 76.7 Å². The van der Waals surface area contributed by atoms with Gasteiger partial charge in [0.25, 0.3) is 0 Å². The Morgan fingerprint density at radius 2 is 1.39 bits per heavy atom. The van der Waals surface area contributed by atoms with E-state index in [4.69, 9.17) is 0 Å². The number of aliphatic hydroxyl groups is 2. The molecule has 132 valence electrons. The van der Waals surface area contributed by atoms with Gasteiger partial charge in [0.15, 0.2) is 5.79 Å². The molecule has 1 rings (SSSR count). The summed E-state index contributed by atoms with van der Waals surface area (Å²) < 4.78 is 0. The number of unbranched alkanes of at least 4 members (excludes halogenated alkanes) is 8. The van der Waals surface area contributed by atoms with Crippen LogP contribution in [-0.4, -0.2) is 21.7 Å². The topological polar surface area (TPSA) is 40.5 Å². The fourth-order valence-corrected chi connectivity index (χ4v) is 3.29. The van der Waals surface area contributed by atoms with Crippen molar-refractivity contribution < 1.29 is 10.2 Å². The van der Waals surface area contributed by atoms with E-state index in [1.165, 1.54) is 51.4 Å². The van der Waals surface area contributed by atoms with Crippen LogP contribution in [0.5, 0.6) is 0 Å². The molecule has 1 aromatic carbocycles. The molecule has 0 bridgehead atoms. The van der Waals surface area contributed by atoms with Gasteiger partial charge in [-0.05, 0) is 12.0 Å². The van der Waals surface area contributed by atoms with Gasteiger partial charge in [-0.1, -0.05) is 95.0 Å². The van der Waals surface area contributed by atoms with E-state index in [0.29, 0.717) is 6.42 Å². The van der Waals surface area contributed by atoms with Crippen LogP contribution < -0.4 is 0 Å². The minimum Gasteiger partial charge on any atom is -0.365 e. The van der Waals surface area contributed by atoms with E-state index in [2.05, 4.69) is 16.2 Å². The first-order chi connectivity index (χ1) is 11.1. The van der Waals surface area contributed by atoms with Gasteiger partial charge in [0.1, 0.15) is 0 Å². The molecular formula is C20H35O2P. The van der Waals surface area contributed by atoms with Crippen LogP contribution in [0.2, 0.25) is 0 Å². The van der Waals surface area contributed by atoms with Gasteiger partial charge in [0, 0.05) is 12.1 Å². The predicted molar refractivity (Wildman–Crippen MR) is 103 cm³/mol. The molecule has 0 radical (unpaired) electrons. The van der Waals surface area contributed by atoms with E-state index in [9.17, 15) is 10.2 Å². The summed E-state index contributed by atoms with van der Waals surface area (Å²) in [5.74, 6) is -1.63. The highest BCUT2D eigenvalue weighted by Crippen LogP contribution is 2.26. The zero-order valence-electron chi connectivity index (χ0n) is 14.7. The van der Waals surface area contributed by atoms with E-state index in [1.807, 2.05) is 30.3 Å². The molecule has 0 aliphatic heterocycles. The summed E-state index contributed by atoms with van der Waals surface area (Å²) in [7, 11) is 2.63. The third-order valence-corrected chi connectivity index (χ3v) is 5.39. The Morgan fingerprint density at radius 3 is 1.96 bits per heavy atom. The predicted octanol–water partition coefficient (Wildman–Crippen LogP) is 5.07. The molecule has 0 saturated heterocycles. The van der Waals surface area contributed by atoms with Crippen molar-refractivity contribution in [3.05, 3.63) is 35.9 Å². The van der Waals surface area contributed by atoms with E-state index in [-0.39, 0.29) is 5.66 Å². The Bertz CT molecular complexity index is 392. The standard InChI is InChI=1S/C20H35O2P/c1-2-3-4-5-6-7-8-9-13-16-19(23)20(21,22)17-18-14-11-10-12-15-18/h10-12,14-15,19,21-22H,2-9,13,16-17,23H2,1H3. The highest BCUT2D eigenvalue weighted by atomic mass is 31.0. The van der Waals surface area contributed by atoms with Crippen molar-refractivity contribution in [3.63, 3.8) is 0 Å². The number of hydrogen-bond acceptors (Lipinski definition) is 2. The van der Waals surface area contributed by atoms with Crippen LogP contribution >= 0.6 is 9.24 Å². The summed E-state index contributed by atoms with van der Waals surface area (Å²) in [5, 5.41) is 20.6. The Morgan fingerprint density at radius 1 is 0.870 bits per heavy atom. The third kappa shape index (κ3) is 9.45. The normalized spacial score (nSPS) is 13.2. The first kappa shape index (κ1) is 20.6. The minimum absolute atomic E-state index is 0.174. The second-order valence-electron chi connectivity index (χ2n) is 6.76. The molecule has 0 heterocycles. The maximum atomic E-state index is 10.3. The second-order valence-corrected chi connectivity index (χ2v) is 7.57. The maximum absolute atomic E-state index is 10.3. The molecule has 2 unspecified atom stereocenters. The van der Waals surface area contributed by atoms with Crippen LogP contribution in [0, 0.1) is 0 Å². The zero-order valence-corrected chi connectivity index (χ0v) is 15.9. The fraction of sp³-hybridized carbons (Fsp3) is 0.700. The van der Waals surface area contributed by atoms with Gasteiger partial charge in [0.2, 0.25) is 0 Å². The number of rotatable bonds is 13. The lowest BCUT2D eigenvalue weighted by molar-refractivity contribution is -0.160. The lowest BCUT2D eigenvalue weighted by atomic mass is 9.98. The Kier molecular flexibility index (Phi) is 10.8. The van der Waals surface area contributed by atoms with Crippen molar-refractivity contribution >= 4 is 9.24 Å². The van der Waals surface area contributed by atoms with E-state index in [1.54, 1.807) is 0 Å². The van der Waals surface area contributed by atoms with Crippen molar-refractivity contribution in [3.8, 4) is 0 Å². The molecule has 0 saturated carbocycles. The molecule has 23 heavy (non-hydrogen) atoms. The summed E-state index contributed by atoms with van der Waals surface area (Å²) in [6, 6.07) is 9.70. The molecule has 2 N–H and O–H groups in total. The average Bonchev–Trinajstić information content (AvgIpc) is 2.53. The van der Waals surface area contributed by atoms with Crippen LogP contribution in [0.4, 0.5) is 0 Å². The molecule has 2 atom stereocenters. The SMILES string of the molecule is CCCCCCCCCCCC(P)C(O)(O)Cc1ccccc1. The van der Waals surface area contributed by atoms with Crippen LogP contribution in [0.3, 0.4) is 0 Å².